The molecule has 1 heterocycles. The Bertz CT molecular complexity index is 208. The summed E-state index contributed by atoms with van der Waals surface area (Å²) in [5.74, 6) is 0.852. The highest BCUT2D eigenvalue weighted by Crippen LogP contribution is 2.15. The number of hydrogen-bond donors (Lipinski definition) is 1. The van der Waals surface area contributed by atoms with Crippen molar-refractivity contribution in [3.63, 3.8) is 0 Å². The molecule has 1 atom stereocenters. The molecule has 3 heteroatoms. The molecule has 1 aliphatic heterocycles. The summed E-state index contributed by atoms with van der Waals surface area (Å²) in [6, 6.07) is 0. The van der Waals surface area contributed by atoms with Crippen LogP contribution in [0.5, 0.6) is 0 Å². The molecule has 0 aliphatic carbocycles. The lowest BCUT2D eigenvalue weighted by Gasteiger charge is -2.23. The maximum atomic E-state index is 11.4. The van der Waals surface area contributed by atoms with E-state index in [1.54, 1.807) is 0 Å². The minimum Gasteiger partial charge on any atom is -0.341 e. The first-order valence-electron chi connectivity index (χ1n) is 5.41. The molecule has 1 unspecified atom stereocenters. The molecule has 1 saturated heterocycles. The summed E-state index contributed by atoms with van der Waals surface area (Å²) >= 11 is 0. The smallest absolute Gasteiger partial charge is 0.222 e. The van der Waals surface area contributed by atoms with Crippen LogP contribution in [0.2, 0.25) is 0 Å². The molecule has 0 aromatic heterocycles. The fraction of sp³-hybridized carbons (Fsp3) is 0.909. The molecule has 14 heavy (non-hydrogen) atoms. The minimum absolute atomic E-state index is 0.147. The van der Waals surface area contributed by atoms with Crippen LogP contribution in [0.1, 0.15) is 34.1 Å². The van der Waals surface area contributed by atoms with Gasteiger partial charge in [0.25, 0.3) is 0 Å². The van der Waals surface area contributed by atoms with E-state index in [2.05, 4.69) is 33.0 Å². The number of carbonyl (C=O) groups is 1. The number of nitrogens with one attached hydrogen (secondary N) is 1. The molecular weight excluding hydrogens is 176 g/mol. The van der Waals surface area contributed by atoms with Crippen LogP contribution in [-0.4, -0.2) is 36.0 Å². The molecule has 0 aromatic rings. The first-order chi connectivity index (χ1) is 6.38. The fourth-order valence-electron chi connectivity index (χ4n) is 1.75. The average Bonchev–Trinajstić information content (AvgIpc) is 2.27. The Morgan fingerprint density at radius 1 is 1.50 bits per heavy atom. The molecule has 0 radical (unpaired) electrons. The van der Waals surface area contributed by atoms with Crippen molar-refractivity contribution in [1.82, 2.24) is 10.2 Å². The third-order valence-electron chi connectivity index (χ3n) is 2.44. The third kappa shape index (κ3) is 3.66. The van der Waals surface area contributed by atoms with E-state index < -0.39 is 0 Å². The lowest BCUT2D eigenvalue weighted by Crippen LogP contribution is -2.41. The number of likely N-dealkylation sites (tertiary alicyclic amines) is 1. The van der Waals surface area contributed by atoms with E-state index in [9.17, 15) is 4.79 Å². The molecule has 0 spiro atoms. The van der Waals surface area contributed by atoms with Crippen LogP contribution in [0, 0.1) is 5.92 Å². The van der Waals surface area contributed by atoms with Crippen LogP contribution in [0.25, 0.3) is 0 Å². The van der Waals surface area contributed by atoms with Gasteiger partial charge >= 0.3 is 0 Å². The molecular formula is C11H22N2O. The zero-order valence-corrected chi connectivity index (χ0v) is 9.76. The molecule has 1 fully saturated rings. The highest BCUT2D eigenvalue weighted by atomic mass is 16.2. The molecule has 1 rings (SSSR count). The monoisotopic (exact) mass is 198 g/mol. The number of rotatable bonds is 3. The van der Waals surface area contributed by atoms with Gasteiger partial charge in [-0.15, -0.1) is 0 Å². The SMILES string of the molecule is CC1CC(=O)N(CCNC(C)(C)C)C1. The second-order valence-electron chi connectivity index (χ2n) is 5.33. The van der Waals surface area contributed by atoms with E-state index in [1.807, 2.05) is 4.90 Å². The topological polar surface area (TPSA) is 32.3 Å². The van der Waals surface area contributed by atoms with Gasteiger partial charge in [-0.25, -0.2) is 0 Å². The highest BCUT2D eigenvalue weighted by Gasteiger charge is 2.25. The first kappa shape index (κ1) is 11.5. The van der Waals surface area contributed by atoms with E-state index in [1.165, 1.54) is 0 Å². The van der Waals surface area contributed by atoms with Gasteiger partial charge in [0.1, 0.15) is 0 Å². The van der Waals surface area contributed by atoms with E-state index in [0.29, 0.717) is 11.8 Å². The summed E-state index contributed by atoms with van der Waals surface area (Å²) < 4.78 is 0. The van der Waals surface area contributed by atoms with Crippen molar-refractivity contribution in [3.8, 4) is 0 Å². The molecule has 0 aromatic carbocycles. The van der Waals surface area contributed by atoms with Crippen molar-refractivity contribution < 1.29 is 4.79 Å². The van der Waals surface area contributed by atoms with Gasteiger partial charge in [-0.1, -0.05) is 6.92 Å². The number of amides is 1. The second-order valence-corrected chi connectivity index (χ2v) is 5.33. The van der Waals surface area contributed by atoms with Crippen molar-refractivity contribution in [3.05, 3.63) is 0 Å². The Hall–Kier alpha value is -0.570. The summed E-state index contributed by atoms with van der Waals surface area (Å²) in [5.41, 5.74) is 0.147. The van der Waals surface area contributed by atoms with Crippen LogP contribution in [0.15, 0.2) is 0 Å². The second kappa shape index (κ2) is 4.30. The predicted octanol–water partition coefficient (Wildman–Crippen LogP) is 1.24. The highest BCUT2D eigenvalue weighted by molar-refractivity contribution is 5.78. The molecule has 1 N–H and O–H groups in total. The van der Waals surface area contributed by atoms with Crippen LogP contribution in [0.3, 0.4) is 0 Å². The standard InChI is InChI=1S/C11H22N2O/c1-9-7-10(14)13(8-9)6-5-12-11(2,3)4/h9,12H,5-8H2,1-4H3. The first-order valence-corrected chi connectivity index (χ1v) is 5.41. The minimum atomic E-state index is 0.147. The van der Waals surface area contributed by atoms with Crippen LogP contribution < -0.4 is 5.32 Å². The van der Waals surface area contributed by atoms with Crippen molar-refractivity contribution in [2.45, 2.75) is 39.7 Å². The van der Waals surface area contributed by atoms with E-state index in [-0.39, 0.29) is 5.54 Å². The van der Waals surface area contributed by atoms with Gasteiger partial charge in [0.15, 0.2) is 0 Å². The third-order valence-corrected chi connectivity index (χ3v) is 2.44. The van der Waals surface area contributed by atoms with Gasteiger partial charge < -0.3 is 10.2 Å². The van der Waals surface area contributed by atoms with Crippen molar-refractivity contribution >= 4 is 5.91 Å². The van der Waals surface area contributed by atoms with Crippen LogP contribution >= 0.6 is 0 Å². The molecule has 1 aliphatic rings. The predicted molar refractivity (Wildman–Crippen MR) is 58.1 cm³/mol. The Balaban J connectivity index is 2.22. The van der Waals surface area contributed by atoms with E-state index in [4.69, 9.17) is 0 Å². The van der Waals surface area contributed by atoms with Crippen molar-refractivity contribution in [2.75, 3.05) is 19.6 Å². The van der Waals surface area contributed by atoms with Gasteiger partial charge in [-0.2, -0.15) is 0 Å². The van der Waals surface area contributed by atoms with Crippen LogP contribution in [0.4, 0.5) is 0 Å². The van der Waals surface area contributed by atoms with Gasteiger partial charge in [-0.05, 0) is 26.7 Å². The van der Waals surface area contributed by atoms with Gasteiger partial charge in [0, 0.05) is 31.6 Å². The summed E-state index contributed by atoms with van der Waals surface area (Å²) in [7, 11) is 0. The Morgan fingerprint density at radius 3 is 2.57 bits per heavy atom. The van der Waals surface area contributed by atoms with E-state index in [0.717, 1.165) is 26.1 Å². The molecule has 0 bridgehead atoms. The van der Waals surface area contributed by atoms with E-state index >= 15 is 0 Å². The quantitative estimate of drug-likeness (QED) is 0.740. The zero-order valence-electron chi connectivity index (χ0n) is 9.76. The van der Waals surface area contributed by atoms with Crippen molar-refractivity contribution in [1.29, 1.82) is 0 Å². The average molecular weight is 198 g/mol. The Labute approximate surface area is 86.9 Å². The van der Waals surface area contributed by atoms with Gasteiger partial charge in [-0.3, -0.25) is 4.79 Å². The summed E-state index contributed by atoms with van der Waals surface area (Å²) in [6.07, 6.45) is 0.732. The Kier molecular flexibility index (Phi) is 3.53. The molecule has 0 saturated carbocycles. The zero-order chi connectivity index (χ0) is 10.8. The lowest BCUT2D eigenvalue weighted by atomic mass is 10.1. The molecule has 1 amide bonds. The number of carbonyl (C=O) groups excluding carboxylic acids is 1. The fourth-order valence-corrected chi connectivity index (χ4v) is 1.75. The lowest BCUT2D eigenvalue weighted by molar-refractivity contribution is -0.127. The molecule has 82 valence electrons. The maximum Gasteiger partial charge on any atom is 0.222 e. The summed E-state index contributed by atoms with van der Waals surface area (Å²) in [6.45, 7) is 11.2. The summed E-state index contributed by atoms with van der Waals surface area (Å²) in [5, 5.41) is 3.39. The Morgan fingerprint density at radius 2 is 2.14 bits per heavy atom. The van der Waals surface area contributed by atoms with Crippen molar-refractivity contribution in [2.24, 2.45) is 5.92 Å². The largest absolute Gasteiger partial charge is 0.341 e. The summed E-state index contributed by atoms with van der Waals surface area (Å²) in [4.78, 5) is 13.4. The molecule has 3 nitrogen and oxygen atoms in total. The number of nitrogens with zero attached hydrogens (tertiary/aromatic N) is 1. The van der Waals surface area contributed by atoms with Crippen LogP contribution in [-0.2, 0) is 4.79 Å². The number of hydrogen-bond acceptors (Lipinski definition) is 2. The van der Waals surface area contributed by atoms with Gasteiger partial charge in [0.2, 0.25) is 5.91 Å². The van der Waals surface area contributed by atoms with Gasteiger partial charge in [0.05, 0.1) is 0 Å². The maximum absolute atomic E-state index is 11.4. The normalized spacial score (nSPS) is 23.3.